The first-order valence-electron chi connectivity index (χ1n) is 11.6. The number of phenols is 1. The summed E-state index contributed by atoms with van der Waals surface area (Å²) in [5, 5.41) is 18.2. The molecule has 2 aliphatic heterocycles. The average molecular weight is 461 g/mol. The summed E-state index contributed by atoms with van der Waals surface area (Å²) in [4.78, 5) is 24.5. The van der Waals surface area contributed by atoms with Gasteiger partial charge in [0.15, 0.2) is 17.4 Å². The molecule has 9 heteroatoms. The summed E-state index contributed by atoms with van der Waals surface area (Å²) in [6.45, 7) is 4.66. The van der Waals surface area contributed by atoms with E-state index in [2.05, 4.69) is 15.2 Å². The van der Waals surface area contributed by atoms with Crippen molar-refractivity contribution in [3.05, 3.63) is 53.1 Å². The molecule has 2 aliphatic rings. The van der Waals surface area contributed by atoms with Crippen LogP contribution in [0.5, 0.6) is 5.75 Å². The van der Waals surface area contributed by atoms with Crippen molar-refractivity contribution in [3.8, 4) is 28.4 Å². The van der Waals surface area contributed by atoms with Crippen LogP contribution in [0.4, 0.5) is 9.18 Å². The number of likely N-dealkylation sites (tertiary alicyclic amines) is 1. The topological polar surface area (TPSA) is 101 Å². The average Bonchev–Trinajstić information content (AvgIpc) is 3.62. The molecule has 0 unspecified atom stereocenters. The number of aromatic nitrogens is 4. The number of aromatic amines is 2. The Morgan fingerprint density at radius 2 is 1.97 bits per heavy atom. The molecule has 1 saturated heterocycles. The molecule has 2 amide bonds. The number of rotatable bonds is 3. The molecule has 0 spiro atoms. The molecule has 1 fully saturated rings. The number of amides is 2. The molecule has 34 heavy (non-hydrogen) atoms. The second-order valence-electron chi connectivity index (χ2n) is 8.99. The number of urea groups is 1. The monoisotopic (exact) mass is 460 g/mol. The van der Waals surface area contributed by atoms with Gasteiger partial charge in [-0.15, -0.1) is 0 Å². The van der Waals surface area contributed by atoms with Crippen molar-refractivity contribution in [2.45, 2.75) is 39.3 Å². The molecule has 3 N–H and O–H groups in total. The number of nitrogens with one attached hydrogen (secondary N) is 2. The minimum absolute atomic E-state index is 0.0836. The zero-order valence-electron chi connectivity index (χ0n) is 18.9. The van der Waals surface area contributed by atoms with E-state index in [9.17, 15) is 14.3 Å². The van der Waals surface area contributed by atoms with Crippen molar-refractivity contribution in [1.29, 1.82) is 0 Å². The number of hydrogen-bond donors (Lipinski definition) is 3. The molecule has 0 aliphatic carbocycles. The highest BCUT2D eigenvalue weighted by molar-refractivity contribution is 5.94. The molecule has 174 valence electrons. The van der Waals surface area contributed by atoms with Crippen molar-refractivity contribution < 1.29 is 14.3 Å². The van der Waals surface area contributed by atoms with Gasteiger partial charge in [0.25, 0.3) is 0 Å². The number of benzene rings is 2. The zero-order valence-corrected chi connectivity index (χ0v) is 18.9. The molecule has 0 radical (unpaired) electrons. The van der Waals surface area contributed by atoms with E-state index >= 15 is 0 Å². The van der Waals surface area contributed by atoms with Crippen molar-refractivity contribution in [3.63, 3.8) is 0 Å². The highest BCUT2D eigenvalue weighted by atomic mass is 19.1. The van der Waals surface area contributed by atoms with E-state index in [0.29, 0.717) is 31.0 Å². The summed E-state index contributed by atoms with van der Waals surface area (Å²) >= 11 is 0. The number of nitrogens with zero attached hydrogens (tertiary/aromatic N) is 4. The van der Waals surface area contributed by atoms with Crippen LogP contribution >= 0.6 is 0 Å². The van der Waals surface area contributed by atoms with Gasteiger partial charge < -0.3 is 19.9 Å². The minimum Gasteiger partial charge on any atom is -0.505 e. The van der Waals surface area contributed by atoms with Gasteiger partial charge >= 0.3 is 6.03 Å². The van der Waals surface area contributed by atoms with Gasteiger partial charge in [-0.25, -0.2) is 14.2 Å². The van der Waals surface area contributed by atoms with Gasteiger partial charge in [-0.2, -0.15) is 5.10 Å². The fraction of sp³-hybridized carbons (Fsp3) is 0.320. The number of H-pyrrole nitrogens is 2. The van der Waals surface area contributed by atoms with Gasteiger partial charge in [0, 0.05) is 18.5 Å². The molecule has 6 rings (SSSR count). The summed E-state index contributed by atoms with van der Waals surface area (Å²) in [5.41, 5.74) is 5.80. The lowest BCUT2D eigenvalue weighted by atomic mass is 9.96. The van der Waals surface area contributed by atoms with Crippen LogP contribution < -0.4 is 0 Å². The second-order valence-corrected chi connectivity index (χ2v) is 8.99. The summed E-state index contributed by atoms with van der Waals surface area (Å²) in [6, 6.07) is 8.75. The third kappa shape index (κ3) is 3.30. The first-order chi connectivity index (χ1) is 16.5. The van der Waals surface area contributed by atoms with Crippen molar-refractivity contribution in [1.82, 2.24) is 30.0 Å². The Morgan fingerprint density at radius 3 is 2.74 bits per heavy atom. The van der Waals surface area contributed by atoms with Crippen molar-refractivity contribution in [2.24, 2.45) is 0 Å². The van der Waals surface area contributed by atoms with Crippen LogP contribution in [-0.2, 0) is 19.5 Å². The molecule has 0 saturated carbocycles. The van der Waals surface area contributed by atoms with Crippen LogP contribution in [0.15, 0.2) is 30.3 Å². The molecule has 8 nitrogen and oxygen atoms in total. The van der Waals surface area contributed by atoms with Gasteiger partial charge in [-0.05, 0) is 60.2 Å². The molecule has 4 heterocycles. The van der Waals surface area contributed by atoms with Crippen LogP contribution in [0, 0.1) is 5.82 Å². The van der Waals surface area contributed by atoms with E-state index < -0.39 is 5.82 Å². The Bertz CT molecular complexity index is 1400. The fourth-order valence-electron chi connectivity index (χ4n) is 5.02. The summed E-state index contributed by atoms with van der Waals surface area (Å²) < 4.78 is 14.1. The lowest BCUT2D eigenvalue weighted by molar-refractivity contribution is 0.162. The first kappa shape index (κ1) is 20.7. The van der Waals surface area contributed by atoms with Crippen LogP contribution in [0.25, 0.3) is 33.5 Å². The van der Waals surface area contributed by atoms with E-state index in [0.717, 1.165) is 64.9 Å². The lowest BCUT2D eigenvalue weighted by Gasteiger charge is -2.23. The van der Waals surface area contributed by atoms with Crippen molar-refractivity contribution >= 4 is 16.9 Å². The number of aryl methyl sites for hydroxylation is 1. The van der Waals surface area contributed by atoms with E-state index in [1.807, 2.05) is 34.9 Å². The standard InChI is InChI=1S/C25H25FN6O2/c1-2-14-10-22(33)18(26)11-17(14)15-5-6-16-19(9-15)29-30-23(16)24-27-20-12-32(13-21(20)28-24)25(34)31-7-3-4-8-31/h5-6,9-11,33H,2-4,7-8,12-13H2,1H3,(H,27,28)(H,29,30). The maximum absolute atomic E-state index is 14.1. The Balaban J connectivity index is 1.28. The maximum Gasteiger partial charge on any atom is 0.320 e. The number of hydrogen-bond acceptors (Lipinski definition) is 4. The smallest absolute Gasteiger partial charge is 0.320 e. The maximum atomic E-state index is 14.1. The number of carbonyl (C=O) groups excluding carboxylic acids is 1. The fourth-order valence-corrected chi connectivity index (χ4v) is 5.02. The van der Waals surface area contributed by atoms with Gasteiger partial charge in [0.1, 0.15) is 5.69 Å². The molecule has 2 aromatic carbocycles. The van der Waals surface area contributed by atoms with E-state index in [-0.39, 0.29) is 11.8 Å². The molecule has 0 bridgehead atoms. The second kappa shape index (κ2) is 7.86. The van der Waals surface area contributed by atoms with Gasteiger partial charge in [-0.1, -0.05) is 13.0 Å². The number of imidazole rings is 1. The van der Waals surface area contributed by atoms with E-state index in [1.54, 1.807) is 0 Å². The van der Waals surface area contributed by atoms with Crippen LogP contribution in [-0.4, -0.2) is 54.2 Å². The van der Waals surface area contributed by atoms with Crippen LogP contribution in [0.2, 0.25) is 0 Å². The van der Waals surface area contributed by atoms with E-state index in [4.69, 9.17) is 4.98 Å². The van der Waals surface area contributed by atoms with Gasteiger partial charge in [0.05, 0.1) is 30.0 Å². The van der Waals surface area contributed by atoms with Crippen LogP contribution in [0.1, 0.15) is 36.7 Å². The minimum atomic E-state index is -0.639. The molecular weight excluding hydrogens is 435 g/mol. The number of carbonyl (C=O) groups is 1. The third-order valence-corrected chi connectivity index (χ3v) is 6.85. The molecular formula is C25H25FN6O2. The van der Waals surface area contributed by atoms with E-state index in [1.165, 1.54) is 12.1 Å². The number of aromatic hydroxyl groups is 1. The third-order valence-electron chi connectivity index (χ3n) is 6.85. The molecule has 4 aromatic rings. The Kier molecular flexibility index (Phi) is 4.79. The highest BCUT2D eigenvalue weighted by Gasteiger charge is 2.31. The Labute approximate surface area is 195 Å². The largest absolute Gasteiger partial charge is 0.505 e. The Hall–Kier alpha value is -3.88. The van der Waals surface area contributed by atoms with Gasteiger partial charge in [0.2, 0.25) is 0 Å². The quantitative estimate of drug-likeness (QED) is 0.417. The Morgan fingerprint density at radius 1 is 1.15 bits per heavy atom. The number of halogens is 1. The summed E-state index contributed by atoms with van der Waals surface area (Å²) in [7, 11) is 0. The predicted molar refractivity (Wildman–Crippen MR) is 126 cm³/mol. The number of fused-ring (bicyclic) bond motifs is 2. The highest BCUT2D eigenvalue weighted by Crippen LogP contribution is 2.34. The first-order valence-corrected chi connectivity index (χ1v) is 11.6. The lowest BCUT2D eigenvalue weighted by Crippen LogP contribution is -2.38. The summed E-state index contributed by atoms with van der Waals surface area (Å²) in [5.74, 6) is -0.306. The molecule has 2 aromatic heterocycles. The SMILES string of the molecule is CCc1cc(O)c(F)cc1-c1ccc2c(-c3nc4c([nH]3)CN(C(=O)N3CCCC3)C4)n[nH]c2c1. The normalized spacial score (nSPS) is 15.5. The molecule has 0 atom stereocenters. The predicted octanol–water partition coefficient (Wildman–Crippen LogP) is 4.56. The summed E-state index contributed by atoms with van der Waals surface area (Å²) in [6.07, 6.45) is 2.82. The van der Waals surface area contributed by atoms with Crippen molar-refractivity contribution in [2.75, 3.05) is 13.1 Å². The zero-order chi connectivity index (χ0) is 23.4. The van der Waals surface area contributed by atoms with Gasteiger partial charge in [-0.3, -0.25) is 5.10 Å². The van der Waals surface area contributed by atoms with Crippen LogP contribution in [0.3, 0.4) is 0 Å². The number of phenolic OH excluding ortho intramolecular Hbond substituents is 1.